The maximum Gasteiger partial charge on any atom is 0.239 e. The van der Waals surface area contributed by atoms with Gasteiger partial charge in [-0.3, -0.25) is 9.69 Å². The minimum absolute atomic E-state index is 0.0355. The first kappa shape index (κ1) is 18.1. The molecule has 2 aliphatic rings. The molecule has 0 radical (unpaired) electrons. The number of para-hydroxylation sites is 1. The van der Waals surface area contributed by atoms with Crippen molar-refractivity contribution in [2.45, 2.75) is 38.2 Å². The normalized spacial score (nSPS) is 22.4. The number of piperazine rings is 1. The van der Waals surface area contributed by atoms with Crippen LogP contribution < -0.4 is 4.90 Å². The largest absolute Gasteiger partial charge is 0.369 e. The van der Waals surface area contributed by atoms with E-state index in [4.69, 9.17) is 0 Å². The third-order valence-electron chi connectivity index (χ3n) is 5.28. The smallest absolute Gasteiger partial charge is 0.239 e. The second kappa shape index (κ2) is 8.61. The lowest BCUT2D eigenvalue weighted by molar-refractivity contribution is -0.134. The molecule has 1 amide bonds. The second-order valence-electron chi connectivity index (χ2n) is 6.92. The summed E-state index contributed by atoms with van der Waals surface area (Å²) < 4.78 is 24.6. The molecule has 1 atom stereocenters. The van der Waals surface area contributed by atoms with Gasteiger partial charge < -0.3 is 9.80 Å². The molecule has 3 rings (SSSR count). The molecule has 2 heterocycles. The second-order valence-corrected chi connectivity index (χ2v) is 6.92. The van der Waals surface area contributed by atoms with Gasteiger partial charge in [-0.05, 0) is 25.0 Å². The first-order chi connectivity index (χ1) is 12.1. The molecule has 2 aliphatic heterocycles. The Morgan fingerprint density at radius 2 is 1.80 bits per heavy atom. The van der Waals surface area contributed by atoms with Crippen molar-refractivity contribution in [3.63, 3.8) is 0 Å². The molecular weight excluding hydrogens is 324 g/mol. The van der Waals surface area contributed by atoms with Crippen LogP contribution in [0.4, 0.5) is 14.5 Å². The molecule has 1 aromatic carbocycles. The maximum atomic E-state index is 12.3. The van der Waals surface area contributed by atoms with Crippen molar-refractivity contribution in [3.8, 4) is 0 Å². The highest BCUT2D eigenvalue weighted by atomic mass is 19.3. The molecule has 0 bridgehead atoms. The van der Waals surface area contributed by atoms with E-state index in [2.05, 4.69) is 34.1 Å². The fourth-order valence-electron chi connectivity index (χ4n) is 3.85. The third-order valence-corrected chi connectivity index (χ3v) is 5.28. The highest BCUT2D eigenvalue weighted by molar-refractivity contribution is 5.76. The highest BCUT2D eigenvalue weighted by Crippen LogP contribution is 2.21. The predicted octanol–water partition coefficient (Wildman–Crippen LogP) is 2.84. The van der Waals surface area contributed by atoms with Crippen LogP contribution in [0.15, 0.2) is 30.3 Å². The van der Waals surface area contributed by atoms with Crippen molar-refractivity contribution in [2.24, 2.45) is 0 Å². The number of benzene rings is 1. The van der Waals surface area contributed by atoms with Gasteiger partial charge in [0.1, 0.15) is 0 Å². The Labute approximate surface area is 148 Å². The van der Waals surface area contributed by atoms with E-state index in [-0.39, 0.29) is 18.7 Å². The minimum Gasteiger partial charge on any atom is -0.369 e. The van der Waals surface area contributed by atoms with Gasteiger partial charge in [-0.25, -0.2) is 8.78 Å². The summed E-state index contributed by atoms with van der Waals surface area (Å²) in [7, 11) is 0. The topological polar surface area (TPSA) is 26.8 Å². The Kier molecular flexibility index (Phi) is 6.24. The molecule has 138 valence electrons. The summed E-state index contributed by atoms with van der Waals surface area (Å²) in [5.74, 6) is -0.118. The molecule has 0 aliphatic carbocycles. The molecule has 0 spiro atoms. The van der Waals surface area contributed by atoms with E-state index < -0.39 is 6.43 Å². The highest BCUT2D eigenvalue weighted by Gasteiger charge is 2.30. The van der Waals surface area contributed by atoms with Gasteiger partial charge in [0, 0.05) is 63.8 Å². The van der Waals surface area contributed by atoms with Crippen molar-refractivity contribution >= 4 is 11.6 Å². The summed E-state index contributed by atoms with van der Waals surface area (Å²) in [4.78, 5) is 18.8. The van der Waals surface area contributed by atoms with Crippen LogP contribution in [0.3, 0.4) is 0 Å². The van der Waals surface area contributed by atoms with Crippen molar-refractivity contribution in [2.75, 3.05) is 44.2 Å². The Morgan fingerprint density at radius 3 is 2.48 bits per heavy atom. The van der Waals surface area contributed by atoms with Crippen LogP contribution in [-0.4, -0.2) is 67.4 Å². The molecule has 0 saturated carbocycles. The molecule has 25 heavy (non-hydrogen) atoms. The van der Waals surface area contributed by atoms with E-state index in [0.29, 0.717) is 19.1 Å². The Morgan fingerprint density at radius 1 is 1.08 bits per heavy atom. The molecule has 0 aromatic heterocycles. The quantitative estimate of drug-likeness (QED) is 0.816. The van der Waals surface area contributed by atoms with Crippen molar-refractivity contribution < 1.29 is 13.6 Å². The van der Waals surface area contributed by atoms with Gasteiger partial charge in [-0.1, -0.05) is 18.2 Å². The number of rotatable bonds is 5. The number of halogens is 2. The number of piperidine rings is 1. The number of hydrogen-bond donors (Lipinski definition) is 0. The van der Waals surface area contributed by atoms with Crippen LogP contribution in [0.2, 0.25) is 0 Å². The monoisotopic (exact) mass is 351 g/mol. The average molecular weight is 351 g/mol. The SMILES string of the molecule is O=C(CCC(F)F)N1CCCC(N2CCN(c3ccccc3)CC2)C1. The number of nitrogens with zero attached hydrogens (tertiary/aromatic N) is 3. The fraction of sp³-hybridized carbons (Fsp3) is 0.632. The van der Waals surface area contributed by atoms with Crippen LogP contribution in [0.25, 0.3) is 0 Å². The zero-order valence-electron chi connectivity index (χ0n) is 14.6. The Bertz CT molecular complexity index is 547. The van der Waals surface area contributed by atoms with Gasteiger partial charge in [0.2, 0.25) is 12.3 Å². The Balaban J connectivity index is 1.49. The number of amides is 1. The van der Waals surface area contributed by atoms with Crippen molar-refractivity contribution in [1.82, 2.24) is 9.80 Å². The summed E-state index contributed by atoms with van der Waals surface area (Å²) in [5, 5.41) is 0. The number of anilines is 1. The lowest BCUT2D eigenvalue weighted by atomic mass is 10.0. The first-order valence-electron chi connectivity index (χ1n) is 9.23. The van der Waals surface area contributed by atoms with E-state index in [1.807, 2.05) is 6.07 Å². The van der Waals surface area contributed by atoms with E-state index in [9.17, 15) is 13.6 Å². The molecule has 1 aromatic rings. The lowest BCUT2D eigenvalue weighted by Crippen LogP contribution is -2.55. The number of carbonyl (C=O) groups excluding carboxylic acids is 1. The van der Waals surface area contributed by atoms with Gasteiger partial charge in [0.15, 0.2) is 0 Å². The van der Waals surface area contributed by atoms with Crippen LogP contribution >= 0.6 is 0 Å². The minimum atomic E-state index is -2.39. The predicted molar refractivity (Wildman–Crippen MR) is 95.1 cm³/mol. The van der Waals surface area contributed by atoms with Crippen LogP contribution in [-0.2, 0) is 4.79 Å². The van der Waals surface area contributed by atoms with Gasteiger partial charge in [0.05, 0.1) is 0 Å². The van der Waals surface area contributed by atoms with E-state index in [1.165, 1.54) is 5.69 Å². The molecule has 1 unspecified atom stereocenters. The fourth-order valence-corrected chi connectivity index (χ4v) is 3.85. The maximum absolute atomic E-state index is 12.3. The zero-order valence-corrected chi connectivity index (χ0v) is 14.6. The Hall–Kier alpha value is -1.69. The van der Waals surface area contributed by atoms with E-state index in [0.717, 1.165) is 39.0 Å². The van der Waals surface area contributed by atoms with Gasteiger partial charge in [-0.15, -0.1) is 0 Å². The van der Waals surface area contributed by atoms with Gasteiger partial charge in [-0.2, -0.15) is 0 Å². The van der Waals surface area contributed by atoms with Gasteiger partial charge in [0.25, 0.3) is 0 Å². The summed E-state index contributed by atoms with van der Waals surface area (Å²) in [5.41, 5.74) is 1.26. The molecule has 6 heteroatoms. The van der Waals surface area contributed by atoms with Crippen LogP contribution in [0.5, 0.6) is 0 Å². The van der Waals surface area contributed by atoms with Crippen molar-refractivity contribution in [3.05, 3.63) is 30.3 Å². The van der Waals surface area contributed by atoms with E-state index in [1.54, 1.807) is 4.90 Å². The summed E-state index contributed by atoms with van der Waals surface area (Å²) >= 11 is 0. The molecule has 4 nitrogen and oxygen atoms in total. The van der Waals surface area contributed by atoms with Crippen LogP contribution in [0, 0.1) is 0 Å². The zero-order chi connectivity index (χ0) is 17.6. The van der Waals surface area contributed by atoms with Crippen molar-refractivity contribution in [1.29, 1.82) is 0 Å². The molecule has 2 saturated heterocycles. The molecule has 2 fully saturated rings. The van der Waals surface area contributed by atoms with Crippen LogP contribution in [0.1, 0.15) is 25.7 Å². The van der Waals surface area contributed by atoms with Gasteiger partial charge >= 0.3 is 0 Å². The average Bonchev–Trinajstić information content (AvgIpc) is 2.67. The number of carbonyl (C=O) groups is 1. The lowest BCUT2D eigenvalue weighted by Gasteiger charge is -2.44. The molecule has 0 N–H and O–H groups in total. The number of likely N-dealkylation sites (tertiary alicyclic amines) is 1. The third kappa shape index (κ3) is 4.91. The van der Waals surface area contributed by atoms with E-state index >= 15 is 0 Å². The summed E-state index contributed by atoms with van der Waals surface area (Å²) in [6.07, 6.45) is -0.703. The first-order valence-corrected chi connectivity index (χ1v) is 9.23. The molecular formula is C19H27F2N3O. The standard InChI is InChI=1S/C19H27F2N3O/c20-18(21)8-9-19(25)24-10-4-7-17(15-24)23-13-11-22(12-14-23)16-5-2-1-3-6-16/h1-3,5-6,17-18H,4,7-15H2. The summed E-state index contributed by atoms with van der Waals surface area (Å²) in [6, 6.07) is 10.8. The number of hydrogen-bond acceptors (Lipinski definition) is 3. The summed E-state index contributed by atoms with van der Waals surface area (Å²) in [6.45, 7) is 5.34. The number of alkyl halides is 2.